The topological polar surface area (TPSA) is 42.0 Å². The number of rotatable bonds is 5. The van der Waals surface area contributed by atoms with Crippen LogP contribution >= 0.6 is 11.3 Å². The second-order valence-electron chi connectivity index (χ2n) is 6.13. The van der Waals surface area contributed by atoms with Crippen molar-refractivity contribution in [1.82, 2.24) is 4.98 Å². The minimum atomic E-state index is -0.00624. The summed E-state index contributed by atoms with van der Waals surface area (Å²) in [5, 5.41) is 7.93. The average molecular weight is 358 g/mol. The fourth-order valence-electron chi connectivity index (χ4n) is 2.90. The highest BCUT2D eigenvalue weighted by atomic mass is 32.1. The van der Waals surface area contributed by atoms with Gasteiger partial charge in [-0.25, -0.2) is 4.98 Å². The predicted molar refractivity (Wildman–Crippen MR) is 108 cm³/mol. The van der Waals surface area contributed by atoms with Crippen molar-refractivity contribution >= 4 is 33.1 Å². The monoisotopic (exact) mass is 358 g/mol. The van der Waals surface area contributed by atoms with E-state index in [-0.39, 0.29) is 5.91 Å². The summed E-state index contributed by atoms with van der Waals surface area (Å²) in [6.07, 6.45) is 1.19. The van der Waals surface area contributed by atoms with Crippen LogP contribution in [-0.2, 0) is 11.2 Å². The van der Waals surface area contributed by atoms with Gasteiger partial charge in [-0.1, -0.05) is 66.7 Å². The smallest absolute Gasteiger partial charge is 0.226 e. The SMILES string of the molecule is O=C(CCc1ccccc1)Nc1nc(-c2ccc3ccccc3c2)cs1. The van der Waals surface area contributed by atoms with Crippen LogP contribution in [0.5, 0.6) is 0 Å². The molecule has 0 bridgehead atoms. The van der Waals surface area contributed by atoms with Gasteiger partial charge in [0, 0.05) is 17.4 Å². The number of aromatic nitrogens is 1. The summed E-state index contributed by atoms with van der Waals surface area (Å²) in [6.45, 7) is 0. The molecule has 0 saturated carbocycles. The Labute approximate surface area is 156 Å². The van der Waals surface area contributed by atoms with Gasteiger partial charge >= 0.3 is 0 Å². The first kappa shape index (κ1) is 16.5. The number of carbonyl (C=O) groups is 1. The van der Waals surface area contributed by atoms with Crippen molar-refractivity contribution in [1.29, 1.82) is 0 Å². The fourth-order valence-corrected chi connectivity index (χ4v) is 3.63. The average Bonchev–Trinajstić information content (AvgIpc) is 3.15. The lowest BCUT2D eigenvalue weighted by molar-refractivity contribution is -0.116. The number of amides is 1. The van der Waals surface area contributed by atoms with E-state index < -0.39 is 0 Å². The number of fused-ring (bicyclic) bond motifs is 1. The normalized spacial score (nSPS) is 10.8. The number of thiazole rings is 1. The molecule has 0 aliphatic carbocycles. The number of hydrogen-bond donors (Lipinski definition) is 1. The first-order valence-electron chi connectivity index (χ1n) is 8.56. The van der Waals surface area contributed by atoms with E-state index in [1.165, 1.54) is 27.7 Å². The number of carbonyl (C=O) groups excluding carboxylic acids is 1. The molecule has 4 rings (SSSR count). The standard InChI is InChI=1S/C22H18N2OS/c25-21(13-10-16-6-2-1-3-7-16)24-22-23-20(15-26-22)19-12-11-17-8-4-5-9-18(17)14-19/h1-9,11-12,14-15H,10,13H2,(H,23,24,25). The van der Waals surface area contributed by atoms with Gasteiger partial charge in [-0.2, -0.15) is 0 Å². The predicted octanol–water partition coefficient (Wildman–Crippen LogP) is 5.53. The molecule has 3 nitrogen and oxygen atoms in total. The third kappa shape index (κ3) is 3.81. The summed E-state index contributed by atoms with van der Waals surface area (Å²) in [5.74, 6) is -0.00624. The van der Waals surface area contributed by atoms with Gasteiger partial charge in [-0.15, -0.1) is 11.3 Å². The molecule has 1 aromatic heterocycles. The molecule has 128 valence electrons. The van der Waals surface area contributed by atoms with E-state index in [2.05, 4.69) is 40.6 Å². The van der Waals surface area contributed by atoms with Gasteiger partial charge in [0.1, 0.15) is 0 Å². The highest BCUT2D eigenvalue weighted by Gasteiger charge is 2.09. The third-order valence-electron chi connectivity index (χ3n) is 4.28. The molecule has 1 heterocycles. The van der Waals surface area contributed by atoms with E-state index in [1.54, 1.807) is 0 Å². The van der Waals surface area contributed by atoms with Crippen molar-refractivity contribution in [2.24, 2.45) is 0 Å². The Morgan fingerprint density at radius 3 is 2.54 bits per heavy atom. The molecular formula is C22H18N2OS. The summed E-state index contributed by atoms with van der Waals surface area (Å²) in [5.41, 5.74) is 3.11. The highest BCUT2D eigenvalue weighted by Crippen LogP contribution is 2.27. The first-order chi connectivity index (χ1) is 12.8. The van der Waals surface area contributed by atoms with Crippen molar-refractivity contribution in [3.63, 3.8) is 0 Å². The zero-order valence-electron chi connectivity index (χ0n) is 14.2. The van der Waals surface area contributed by atoms with E-state index >= 15 is 0 Å². The number of anilines is 1. The lowest BCUT2D eigenvalue weighted by Crippen LogP contribution is -2.12. The number of nitrogens with one attached hydrogen (secondary N) is 1. The largest absolute Gasteiger partial charge is 0.302 e. The molecule has 0 spiro atoms. The van der Waals surface area contributed by atoms with Crippen molar-refractivity contribution in [2.45, 2.75) is 12.8 Å². The highest BCUT2D eigenvalue weighted by molar-refractivity contribution is 7.14. The minimum Gasteiger partial charge on any atom is -0.302 e. The Morgan fingerprint density at radius 2 is 1.69 bits per heavy atom. The molecule has 1 N–H and O–H groups in total. The fraction of sp³-hybridized carbons (Fsp3) is 0.0909. The molecule has 0 atom stereocenters. The zero-order chi connectivity index (χ0) is 17.8. The van der Waals surface area contributed by atoms with E-state index in [0.29, 0.717) is 11.6 Å². The molecule has 4 heteroatoms. The summed E-state index contributed by atoms with van der Waals surface area (Å²) in [7, 11) is 0. The maximum Gasteiger partial charge on any atom is 0.226 e. The van der Waals surface area contributed by atoms with Gasteiger partial charge < -0.3 is 5.32 Å². The van der Waals surface area contributed by atoms with E-state index in [4.69, 9.17) is 0 Å². The van der Waals surface area contributed by atoms with Crippen LogP contribution in [0.2, 0.25) is 0 Å². The molecule has 3 aromatic carbocycles. The molecular weight excluding hydrogens is 340 g/mol. The Hall–Kier alpha value is -2.98. The Morgan fingerprint density at radius 1 is 0.923 bits per heavy atom. The van der Waals surface area contributed by atoms with Crippen molar-refractivity contribution in [3.05, 3.63) is 83.7 Å². The first-order valence-corrected chi connectivity index (χ1v) is 9.44. The molecule has 0 fully saturated rings. The van der Waals surface area contributed by atoms with Gasteiger partial charge in [0.2, 0.25) is 5.91 Å². The second-order valence-corrected chi connectivity index (χ2v) is 6.99. The quantitative estimate of drug-likeness (QED) is 0.509. The molecule has 0 radical (unpaired) electrons. The molecule has 0 saturated heterocycles. The van der Waals surface area contributed by atoms with Crippen LogP contribution in [0, 0.1) is 0 Å². The summed E-state index contributed by atoms with van der Waals surface area (Å²) >= 11 is 1.46. The Bertz CT molecular complexity index is 1040. The minimum absolute atomic E-state index is 0.00624. The summed E-state index contributed by atoms with van der Waals surface area (Å²) in [6, 6.07) is 24.6. The molecule has 0 aliphatic rings. The second kappa shape index (κ2) is 7.50. The lowest BCUT2D eigenvalue weighted by atomic mass is 10.1. The Kier molecular flexibility index (Phi) is 4.75. The molecule has 1 amide bonds. The van der Waals surface area contributed by atoms with Crippen LogP contribution < -0.4 is 5.32 Å². The van der Waals surface area contributed by atoms with Gasteiger partial charge in [0.15, 0.2) is 5.13 Å². The third-order valence-corrected chi connectivity index (χ3v) is 5.04. The van der Waals surface area contributed by atoms with Crippen LogP contribution in [0.4, 0.5) is 5.13 Å². The van der Waals surface area contributed by atoms with Crippen LogP contribution in [-0.4, -0.2) is 10.9 Å². The van der Waals surface area contributed by atoms with Crippen LogP contribution in [0.3, 0.4) is 0 Å². The van der Waals surface area contributed by atoms with Crippen LogP contribution in [0.1, 0.15) is 12.0 Å². The van der Waals surface area contributed by atoms with Gasteiger partial charge in [0.25, 0.3) is 0 Å². The number of aryl methyl sites for hydroxylation is 1. The van der Waals surface area contributed by atoms with E-state index in [0.717, 1.165) is 17.7 Å². The summed E-state index contributed by atoms with van der Waals surface area (Å²) < 4.78 is 0. The molecule has 0 unspecified atom stereocenters. The maximum absolute atomic E-state index is 12.2. The van der Waals surface area contributed by atoms with Gasteiger partial charge in [0.05, 0.1) is 5.69 Å². The molecule has 0 aliphatic heterocycles. The van der Waals surface area contributed by atoms with Crippen LogP contribution in [0.25, 0.3) is 22.0 Å². The van der Waals surface area contributed by atoms with Crippen molar-refractivity contribution < 1.29 is 4.79 Å². The zero-order valence-corrected chi connectivity index (χ0v) is 15.0. The molecule has 26 heavy (non-hydrogen) atoms. The van der Waals surface area contributed by atoms with Crippen molar-refractivity contribution in [3.8, 4) is 11.3 Å². The number of hydrogen-bond acceptors (Lipinski definition) is 3. The van der Waals surface area contributed by atoms with Gasteiger partial charge in [-0.3, -0.25) is 4.79 Å². The Balaban J connectivity index is 1.43. The van der Waals surface area contributed by atoms with E-state index in [1.807, 2.05) is 47.8 Å². The molecule has 4 aromatic rings. The number of nitrogens with zero attached hydrogens (tertiary/aromatic N) is 1. The number of benzene rings is 3. The van der Waals surface area contributed by atoms with E-state index in [9.17, 15) is 4.79 Å². The van der Waals surface area contributed by atoms with Crippen molar-refractivity contribution in [2.75, 3.05) is 5.32 Å². The van der Waals surface area contributed by atoms with Gasteiger partial charge in [-0.05, 0) is 28.8 Å². The lowest BCUT2D eigenvalue weighted by Gasteiger charge is -2.03. The maximum atomic E-state index is 12.2. The van der Waals surface area contributed by atoms with Crippen LogP contribution in [0.15, 0.2) is 78.2 Å². The summed E-state index contributed by atoms with van der Waals surface area (Å²) in [4.78, 5) is 16.7.